The number of anilines is 1. The van der Waals surface area contributed by atoms with Gasteiger partial charge in [-0.3, -0.25) is 4.79 Å². The van der Waals surface area contributed by atoms with E-state index in [2.05, 4.69) is 20.7 Å². The van der Waals surface area contributed by atoms with E-state index in [0.717, 1.165) is 24.0 Å². The number of ether oxygens (including phenoxy) is 1. The molecule has 2 aromatic carbocycles. The molecule has 142 valence electrons. The van der Waals surface area contributed by atoms with E-state index in [1.165, 1.54) is 18.2 Å². The fraction of sp³-hybridized carbons (Fsp3) is 0.316. The molecule has 4 rings (SSSR count). The topological polar surface area (TPSA) is 29.5 Å². The fourth-order valence-electron chi connectivity index (χ4n) is 3.53. The van der Waals surface area contributed by atoms with E-state index in [9.17, 15) is 18.0 Å². The smallest absolute Gasteiger partial charge is 0.406 e. The summed E-state index contributed by atoms with van der Waals surface area (Å²) in [5.41, 5.74) is 1.89. The minimum atomic E-state index is -4.74. The molecule has 1 unspecified atom stereocenters. The first-order chi connectivity index (χ1) is 12.7. The Morgan fingerprint density at radius 2 is 1.85 bits per heavy atom. The van der Waals surface area contributed by atoms with Crippen LogP contribution in [0.4, 0.5) is 18.9 Å². The van der Waals surface area contributed by atoms with Crippen LogP contribution >= 0.6 is 27.5 Å². The standard InChI is InChI=1S/C19H14BrClF3NO2/c20-16(11-1-3-12(21)4-2-11)17(26)25-10-18(7-8-18)14-9-13(5-6-15(14)25)27-19(22,23)24/h1-6,9,16H,7-8,10H2. The van der Waals surface area contributed by atoms with Crippen molar-refractivity contribution in [2.24, 2.45) is 0 Å². The highest BCUT2D eigenvalue weighted by molar-refractivity contribution is 9.09. The molecule has 1 fully saturated rings. The Morgan fingerprint density at radius 1 is 1.19 bits per heavy atom. The van der Waals surface area contributed by atoms with E-state index >= 15 is 0 Å². The van der Waals surface area contributed by atoms with Crippen molar-refractivity contribution < 1.29 is 22.7 Å². The maximum atomic E-state index is 13.1. The number of carbonyl (C=O) groups excluding carboxylic acids is 1. The number of hydrogen-bond acceptors (Lipinski definition) is 2. The van der Waals surface area contributed by atoms with E-state index in [-0.39, 0.29) is 17.1 Å². The molecule has 1 atom stereocenters. The van der Waals surface area contributed by atoms with Gasteiger partial charge >= 0.3 is 6.36 Å². The van der Waals surface area contributed by atoms with Crippen LogP contribution in [0.2, 0.25) is 5.02 Å². The third-order valence-electron chi connectivity index (χ3n) is 5.02. The zero-order valence-corrected chi connectivity index (χ0v) is 16.2. The highest BCUT2D eigenvalue weighted by Crippen LogP contribution is 2.57. The highest BCUT2D eigenvalue weighted by atomic mass is 79.9. The summed E-state index contributed by atoms with van der Waals surface area (Å²) in [5.74, 6) is -0.415. The van der Waals surface area contributed by atoms with Crippen LogP contribution in [0.3, 0.4) is 0 Å². The Labute approximate surface area is 167 Å². The van der Waals surface area contributed by atoms with Gasteiger partial charge in [-0.25, -0.2) is 0 Å². The first kappa shape index (κ1) is 18.6. The van der Waals surface area contributed by atoms with Crippen molar-refractivity contribution in [1.29, 1.82) is 0 Å². The number of halogens is 5. The Hall–Kier alpha value is -1.73. The molecule has 1 amide bonds. The van der Waals surface area contributed by atoms with Gasteiger partial charge in [0.05, 0.1) is 0 Å². The summed E-state index contributed by atoms with van der Waals surface area (Å²) < 4.78 is 41.6. The quantitative estimate of drug-likeness (QED) is 0.546. The molecule has 27 heavy (non-hydrogen) atoms. The summed E-state index contributed by atoms with van der Waals surface area (Å²) in [4.78, 5) is 14.1. The fourth-order valence-corrected chi connectivity index (χ4v) is 4.21. The summed E-state index contributed by atoms with van der Waals surface area (Å²) in [6.07, 6.45) is -3.06. The molecule has 0 aromatic heterocycles. The van der Waals surface area contributed by atoms with Gasteiger partial charge in [-0.1, -0.05) is 39.7 Å². The van der Waals surface area contributed by atoms with Crippen molar-refractivity contribution in [2.75, 3.05) is 11.4 Å². The molecule has 2 aliphatic rings. The van der Waals surface area contributed by atoms with Gasteiger partial charge in [-0.2, -0.15) is 0 Å². The molecule has 1 aliphatic carbocycles. The number of nitrogens with zero attached hydrogens (tertiary/aromatic N) is 1. The maximum absolute atomic E-state index is 13.1. The third kappa shape index (κ3) is 3.55. The van der Waals surface area contributed by atoms with Crippen LogP contribution in [-0.4, -0.2) is 18.8 Å². The zero-order valence-electron chi connectivity index (χ0n) is 13.9. The van der Waals surface area contributed by atoms with Crippen molar-refractivity contribution in [1.82, 2.24) is 0 Å². The van der Waals surface area contributed by atoms with E-state index in [4.69, 9.17) is 11.6 Å². The lowest BCUT2D eigenvalue weighted by molar-refractivity contribution is -0.274. The lowest BCUT2D eigenvalue weighted by atomic mass is 9.98. The van der Waals surface area contributed by atoms with Crippen molar-refractivity contribution in [2.45, 2.75) is 29.4 Å². The molecule has 8 heteroatoms. The number of hydrogen-bond donors (Lipinski definition) is 0. The van der Waals surface area contributed by atoms with Gasteiger partial charge in [0.25, 0.3) is 0 Å². The average Bonchev–Trinajstić information content (AvgIpc) is 3.31. The first-order valence-electron chi connectivity index (χ1n) is 8.30. The minimum absolute atomic E-state index is 0.160. The number of rotatable bonds is 3. The van der Waals surface area contributed by atoms with Gasteiger partial charge in [-0.15, -0.1) is 13.2 Å². The van der Waals surface area contributed by atoms with Crippen LogP contribution in [0, 0.1) is 0 Å². The largest absolute Gasteiger partial charge is 0.573 e. The predicted octanol–water partition coefficient (Wildman–Crippen LogP) is 5.75. The summed E-state index contributed by atoms with van der Waals surface area (Å²) in [5, 5.41) is 0.576. The molecule has 2 aromatic rings. The Morgan fingerprint density at radius 3 is 2.44 bits per heavy atom. The zero-order chi connectivity index (χ0) is 19.4. The molecule has 1 heterocycles. The van der Waals surface area contributed by atoms with Gasteiger partial charge in [0.15, 0.2) is 0 Å². The summed E-state index contributed by atoms with van der Waals surface area (Å²) >= 11 is 9.34. The van der Waals surface area contributed by atoms with Crippen molar-refractivity contribution in [3.8, 4) is 5.75 Å². The lowest BCUT2D eigenvalue weighted by Gasteiger charge is -2.21. The van der Waals surface area contributed by atoms with Crippen molar-refractivity contribution >= 4 is 39.1 Å². The SMILES string of the molecule is O=C(C(Br)c1ccc(Cl)cc1)N1CC2(CC2)c2cc(OC(F)(F)F)ccc21. The van der Waals surface area contributed by atoms with E-state index in [0.29, 0.717) is 17.3 Å². The number of alkyl halides is 4. The highest BCUT2D eigenvalue weighted by Gasteiger charge is 2.53. The van der Waals surface area contributed by atoms with Crippen molar-refractivity contribution in [3.05, 3.63) is 58.6 Å². The lowest BCUT2D eigenvalue weighted by Crippen LogP contribution is -2.33. The molecule has 1 aliphatic heterocycles. The molecule has 0 bridgehead atoms. The first-order valence-corrected chi connectivity index (χ1v) is 9.59. The van der Waals surface area contributed by atoms with Crippen LogP contribution < -0.4 is 9.64 Å². The number of benzene rings is 2. The van der Waals surface area contributed by atoms with Crippen LogP contribution in [0.1, 0.15) is 28.8 Å². The molecule has 3 nitrogen and oxygen atoms in total. The van der Waals surface area contributed by atoms with Crippen LogP contribution in [0.25, 0.3) is 0 Å². The maximum Gasteiger partial charge on any atom is 0.573 e. The molecule has 0 saturated heterocycles. The summed E-state index contributed by atoms with van der Waals surface area (Å²) in [7, 11) is 0. The molecular formula is C19H14BrClF3NO2. The number of amides is 1. The molecule has 1 saturated carbocycles. The Bertz CT molecular complexity index is 897. The van der Waals surface area contributed by atoms with Gasteiger partial charge in [0, 0.05) is 22.7 Å². The summed E-state index contributed by atoms with van der Waals surface area (Å²) in [6.45, 7) is 0.465. The molecule has 0 radical (unpaired) electrons. The van der Waals surface area contributed by atoms with Crippen LogP contribution in [-0.2, 0) is 10.2 Å². The van der Waals surface area contributed by atoms with E-state index in [1.54, 1.807) is 29.2 Å². The third-order valence-corrected chi connectivity index (χ3v) is 6.20. The Balaban J connectivity index is 1.63. The average molecular weight is 461 g/mol. The van der Waals surface area contributed by atoms with Gasteiger partial charge < -0.3 is 9.64 Å². The number of carbonyl (C=O) groups is 1. The normalized spacial score (nSPS) is 18.3. The molecule has 1 spiro atoms. The van der Waals surface area contributed by atoms with Gasteiger partial charge in [0.1, 0.15) is 10.6 Å². The Kier molecular flexibility index (Phi) is 4.42. The molecular weight excluding hydrogens is 447 g/mol. The second kappa shape index (κ2) is 6.41. The van der Waals surface area contributed by atoms with Gasteiger partial charge in [-0.05, 0) is 54.3 Å². The van der Waals surface area contributed by atoms with Crippen LogP contribution in [0.5, 0.6) is 5.75 Å². The second-order valence-corrected chi connectivity index (χ2v) is 8.20. The predicted molar refractivity (Wildman–Crippen MR) is 99.5 cm³/mol. The second-order valence-electron chi connectivity index (χ2n) is 6.85. The summed E-state index contributed by atoms with van der Waals surface area (Å²) in [6, 6.07) is 11.1. The number of fused-ring (bicyclic) bond motifs is 2. The minimum Gasteiger partial charge on any atom is -0.406 e. The van der Waals surface area contributed by atoms with Gasteiger partial charge in [0.2, 0.25) is 5.91 Å². The monoisotopic (exact) mass is 459 g/mol. The molecule has 0 N–H and O–H groups in total. The van der Waals surface area contributed by atoms with E-state index in [1.807, 2.05) is 0 Å². The van der Waals surface area contributed by atoms with Crippen molar-refractivity contribution in [3.63, 3.8) is 0 Å². The van der Waals surface area contributed by atoms with Crippen LogP contribution in [0.15, 0.2) is 42.5 Å². The van der Waals surface area contributed by atoms with E-state index < -0.39 is 11.2 Å².